The van der Waals surface area contributed by atoms with Crippen molar-refractivity contribution in [3.8, 4) is 11.4 Å². The Labute approximate surface area is 191 Å². The number of carbonyl (C=O) groups excluding carboxylic acids is 1. The van der Waals surface area contributed by atoms with Gasteiger partial charge in [-0.05, 0) is 48.5 Å². The maximum Gasteiger partial charge on any atom is 0.269 e. The van der Waals surface area contributed by atoms with E-state index < -0.39 is 5.91 Å². The van der Waals surface area contributed by atoms with Gasteiger partial charge in [-0.2, -0.15) is 10.1 Å². The van der Waals surface area contributed by atoms with Crippen LogP contribution in [0.4, 0.5) is 5.69 Å². The van der Waals surface area contributed by atoms with Crippen LogP contribution in [-0.2, 0) is 0 Å². The molecule has 0 atom stereocenters. The first-order valence-corrected chi connectivity index (χ1v) is 10.6. The second kappa shape index (κ2) is 8.24. The van der Waals surface area contributed by atoms with E-state index in [1.807, 2.05) is 95.7 Å². The van der Waals surface area contributed by atoms with Crippen molar-refractivity contribution in [1.82, 2.24) is 19.3 Å². The summed E-state index contributed by atoms with van der Waals surface area (Å²) >= 11 is 3.45. The summed E-state index contributed by atoms with van der Waals surface area (Å²) in [7, 11) is 0. The SMILES string of the molecule is NC(=O)c1nn(-c2ccccc2)c2nc(=Nc3ccc(Br)cc3)n(-c3ccccc3)cc12. The Morgan fingerprint density at radius 2 is 1.50 bits per heavy atom. The molecule has 5 rings (SSSR count). The number of halogens is 1. The van der Waals surface area contributed by atoms with Gasteiger partial charge in [0, 0.05) is 16.4 Å². The Morgan fingerprint density at radius 3 is 2.12 bits per heavy atom. The van der Waals surface area contributed by atoms with Crippen molar-refractivity contribution in [2.24, 2.45) is 10.7 Å². The lowest BCUT2D eigenvalue weighted by atomic mass is 10.2. The van der Waals surface area contributed by atoms with Gasteiger partial charge < -0.3 is 5.73 Å². The van der Waals surface area contributed by atoms with E-state index in [4.69, 9.17) is 15.7 Å². The molecule has 0 aliphatic carbocycles. The lowest BCUT2D eigenvalue weighted by Crippen LogP contribution is -2.23. The number of rotatable bonds is 4. The minimum Gasteiger partial charge on any atom is -0.364 e. The van der Waals surface area contributed by atoms with Crippen molar-refractivity contribution < 1.29 is 4.79 Å². The lowest BCUT2D eigenvalue weighted by molar-refractivity contribution is 0.0996. The second-order valence-electron chi connectivity index (χ2n) is 7.03. The van der Waals surface area contributed by atoms with Gasteiger partial charge >= 0.3 is 0 Å². The quantitative estimate of drug-likeness (QED) is 0.412. The van der Waals surface area contributed by atoms with Crippen LogP contribution in [0.15, 0.2) is 101 Å². The number of fused-ring (bicyclic) bond motifs is 1. The monoisotopic (exact) mass is 484 g/mol. The van der Waals surface area contributed by atoms with Gasteiger partial charge in [0.1, 0.15) is 0 Å². The number of benzene rings is 3. The molecule has 1 amide bonds. The van der Waals surface area contributed by atoms with Crippen LogP contribution in [0.1, 0.15) is 10.5 Å². The number of nitrogens with two attached hydrogens (primary N) is 1. The van der Waals surface area contributed by atoms with E-state index in [1.54, 1.807) is 4.68 Å². The molecule has 0 radical (unpaired) electrons. The van der Waals surface area contributed by atoms with Crippen molar-refractivity contribution in [3.63, 3.8) is 0 Å². The highest BCUT2D eigenvalue weighted by molar-refractivity contribution is 9.10. The van der Waals surface area contributed by atoms with E-state index in [0.29, 0.717) is 16.7 Å². The van der Waals surface area contributed by atoms with Crippen LogP contribution < -0.4 is 11.4 Å². The lowest BCUT2D eigenvalue weighted by Gasteiger charge is -2.09. The Kier molecular flexibility index (Phi) is 5.12. The second-order valence-corrected chi connectivity index (χ2v) is 7.95. The standard InChI is InChI=1S/C24H17BrN6O/c25-16-11-13-17(14-12-16)27-24-28-23-20(15-30(24)18-7-3-1-4-8-18)21(22(26)32)29-31(23)19-9-5-2-6-10-19/h1-15H,(H2,26,32). The molecule has 2 N–H and O–H groups in total. The van der Waals surface area contributed by atoms with Gasteiger partial charge in [-0.1, -0.05) is 52.3 Å². The molecular weight excluding hydrogens is 468 g/mol. The summed E-state index contributed by atoms with van der Waals surface area (Å²) in [6, 6.07) is 26.8. The van der Waals surface area contributed by atoms with Crippen LogP contribution in [0, 0.1) is 0 Å². The average Bonchev–Trinajstić information content (AvgIpc) is 3.20. The van der Waals surface area contributed by atoms with Gasteiger partial charge in [0.2, 0.25) is 5.62 Å². The third-order valence-corrected chi connectivity index (χ3v) is 5.43. The normalized spacial score (nSPS) is 11.7. The molecule has 5 aromatic rings. The molecule has 156 valence electrons. The molecule has 7 nitrogen and oxygen atoms in total. The minimum atomic E-state index is -0.622. The Balaban J connectivity index is 1.86. The zero-order valence-electron chi connectivity index (χ0n) is 16.8. The summed E-state index contributed by atoms with van der Waals surface area (Å²) < 4.78 is 4.41. The fourth-order valence-corrected chi connectivity index (χ4v) is 3.67. The molecule has 32 heavy (non-hydrogen) atoms. The Bertz CT molecular complexity index is 1490. The first-order valence-electron chi connectivity index (χ1n) is 9.83. The molecule has 2 heterocycles. The molecular formula is C24H17BrN6O. The van der Waals surface area contributed by atoms with Crippen LogP contribution >= 0.6 is 15.9 Å². The van der Waals surface area contributed by atoms with Gasteiger partial charge in [0.15, 0.2) is 11.3 Å². The third kappa shape index (κ3) is 3.72. The summed E-state index contributed by atoms with van der Waals surface area (Å²) in [5, 5.41) is 5.01. The molecule has 0 spiro atoms. The zero-order chi connectivity index (χ0) is 22.1. The van der Waals surface area contributed by atoms with E-state index >= 15 is 0 Å². The molecule has 3 aromatic carbocycles. The zero-order valence-corrected chi connectivity index (χ0v) is 18.3. The fourth-order valence-electron chi connectivity index (χ4n) is 3.40. The minimum absolute atomic E-state index is 0.149. The Hall–Kier alpha value is -4.04. The summed E-state index contributed by atoms with van der Waals surface area (Å²) in [5.41, 5.74) is 9.10. The van der Waals surface area contributed by atoms with Crippen molar-refractivity contribution in [2.45, 2.75) is 0 Å². The average molecular weight is 485 g/mol. The number of para-hydroxylation sites is 2. The topological polar surface area (TPSA) is 91.1 Å². The summed E-state index contributed by atoms with van der Waals surface area (Å²) in [6.45, 7) is 0. The van der Waals surface area contributed by atoms with Crippen LogP contribution in [0.2, 0.25) is 0 Å². The van der Waals surface area contributed by atoms with E-state index in [9.17, 15) is 4.79 Å². The third-order valence-electron chi connectivity index (χ3n) is 4.90. The van der Waals surface area contributed by atoms with Gasteiger partial charge in [-0.25, -0.2) is 9.67 Å². The molecule has 0 bridgehead atoms. The van der Waals surface area contributed by atoms with Crippen LogP contribution in [0.3, 0.4) is 0 Å². The number of hydrogen-bond donors (Lipinski definition) is 1. The van der Waals surface area contributed by atoms with Gasteiger partial charge in [-0.3, -0.25) is 9.36 Å². The Morgan fingerprint density at radius 1 is 0.875 bits per heavy atom. The maximum absolute atomic E-state index is 12.2. The van der Waals surface area contributed by atoms with Crippen molar-refractivity contribution in [2.75, 3.05) is 0 Å². The van der Waals surface area contributed by atoms with E-state index in [0.717, 1.165) is 21.5 Å². The number of primary amides is 1. The molecule has 0 fully saturated rings. The smallest absolute Gasteiger partial charge is 0.269 e. The number of carbonyl (C=O) groups is 1. The summed E-state index contributed by atoms with van der Waals surface area (Å²) in [6.07, 6.45) is 1.81. The van der Waals surface area contributed by atoms with Crippen LogP contribution in [0.25, 0.3) is 22.4 Å². The van der Waals surface area contributed by atoms with Crippen LogP contribution in [0.5, 0.6) is 0 Å². The predicted molar refractivity (Wildman–Crippen MR) is 126 cm³/mol. The van der Waals surface area contributed by atoms with E-state index in [1.165, 1.54) is 0 Å². The van der Waals surface area contributed by atoms with Crippen molar-refractivity contribution >= 4 is 38.6 Å². The molecule has 8 heteroatoms. The van der Waals surface area contributed by atoms with Crippen molar-refractivity contribution in [3.05, 3.63) is 107 Å². The first-order chi connectivity index (χ1) is 15.6. The van der Waals surface area contributed by atoms with Gasteiger partial charge in [0.25, 0.3) is 5.91 Å². The fraction of sp³-hybridized carbons (Fsp3) is 0. The van der Waals surface area contributed by atoms with E-state index in [-0.39, 0.29) is 5.69 Å². The van der Waals surface area contributed by atoms with Crippen LogP contribution in [-0.4, -0.2) is 25.2 Å². The molecule has 0 unspecified atom stereocenters. The first kappa shape index (κ1) is 19.9. The molecule has 2 aromatic heterocycles. The van der Waals surface area contributed by atoms with Gasteiger partial charge in [-0.15, -0.1) is 0 Å². The number of hydrogen-bond acceptors (Lipinski definition) is 4. The number of amides is 1. The molecule has 0 aliphatic heterocycles. The van der Waals surface area contributed by atoms with E-state index in [2.05, 4.69) is 21.0 Å². The summed E-state index contributed by atoms with van der Waals surface area (Å²) in [4.78, 5) is 21.8. The molecule has 0 aliphatic rings. The summed E-state index contributed by atoms with van der Waals surface area (Å²) in [5.74, 6) is -0.622. The van der Waals surface area contributed by atoms with Crippen molar-refractivity contribution in [1.29, 1.82) is 0 Å². The van der Waals surface area contributed by atoms with Gasteiger partial charge in [0.05, 0.1) is 16.8 Å². The largest absolute Gasteiger partial charge is 0.364 e. The maximum atomic E-state index is 12.2. The molecule has 0 saturated carbocycles. The predicted octanol–water partition coefficient (Wildman–Crippen LogP) is 4.31. The molecule has 0 saturated heterocycles. The number of nitrogens with zero attached hydrogens (tertiary/aromatic N) is 5. The highest BCUT2D eigenvalue weighted by Gasteiger charge is 2.19. The highest BCUT2D eigenvalue weighted by Crippen LogP contribution is 2.21. The highest BCUT2D eigenvalue weighted by atomic mass is 79.9. The number of aromatic nitrogens is 4.